The molecule has 0 aromatic carbocycles. The zero-order valence-corrected chi connectivity index (χ0v) is 36.2. The van der Waals surface area contributed by atoms with E-state index in [0.29, 0.717) is 6.42 Å². The monoisotopic (exact) mass is 756 g/mol. The Labute approximate surface area is 337 Å². The second-order valence-corrected chi connectivity index (χ2v) is 16.2. The summed E-state index contributed by atoms with van der Waals surface area (Å²) in [5.74, 6) is -0.0779. The summed E-state index contributed by atoms with van der Waals surface area (Å²) in [4.78, 5) is 12.4. The van der Waals surface area contributed by atoms with Crippen molar-refractivity contribution in [2.24, 2.45) is 0 Å². The average Bonchev–Trinajstić information content (AvgIpc) is 3.18. The van der Waals surface area contributed by atoms with Crippen LogP contribution >= 0.6 is 0 Å². The summed E-state index contributed by atoms with van der Waals surface area (Å²) in [6.07, 6.45) is 62.6. The molecule has 2 atom stereocenters. The summed E-state index contributed by atoms with van der Waals surface area (Å²) in [7, 11) is 0. The van der Waals surface area contributed by atoms with Crippen LogP contribution in [0.15, 0.2) is 48.6 Å². The molecule has 0 saturated heterocycles. The van der Waals surface area contributed by atoms with Crippen LogP contribution in [0.2, 0.25) is 0 Å². The van der Waals surface area contributed by atoms with Crippen molar-refractivity contribution in [3.8, 4) is 0 Å². The summed E-state index contributed by atoms with van der Waals surface area (Å²) in [6.45, 7) is 4.22. The molecule has 0 radical (unpaired) electrons. The lowest BCUT2D eigenvalue weighted by atomic mass is 10.0. The largest absolute Gasteiger partial charge is 0.394 e. The third-order valence-corrected chi connectivity index (χ3v) is 10.7. The first-order chi connectivity index (χ1) is 26.7. The Hall–Kier alpha value is -1.65. The van der Waals surface area contributed by atoms with Crippen molar-refractivity contribution in [2.45, 2.75) is 257 Å². The van der Waals surface area contributed by atoms with E-state index < -0.39 is 12.1 Å². The molecule has 0 spiro atoms. The smallest absolute Gasteiger partial charge is 0.220 e. The van der Waals surface area contributed by atoms with E-state index in [2.05, 4.69) is 55.6 Å². The molecule has 0 heterocycles. The van der Waals surface area contributed by atoms with Crippen molar-refractivity contribution in [1.29, 1.82) is 0 Å². The Morgan fingerprint density at radius 3 is 1.15 bits per heavy atom. The quantitative estimate of drug-likeness (QED) is 0.0429. The van der Waals surface area contributed by atoms with Gasteiger partial charge < -0.3 is 15.5 Å². The van der Waals surface area contributed by atoms with Gasteiger partial charge in [0.2, 0.25) is 5.91 Å². The van der Waals surface area contributed by atoms with Crippen LogP contribution in [0.4, 0.5) is 0 Å². The highest BCUT2D eigenvalue weighted by Crippen LogP contribution is 2.16. The van der Waals surface area contributed by atoms with Crippen LogP contribution in [0.25, 0.3) is 0 Å². The second kappa shape index (κ2) is 45.7. The Morgan fingerprint density at radius 1 is 0.426 bits per heavy atom. The number of carbonyl (C=O) groups excluding carboxylic acids is 1. The first-order valence-electron chi connectivity index (χ1n) is 23.9. The number of nitrogens with one attached hydrogen (secondary N) is 1. The highest BCUT2D eigenvalue weighted by atomic mass is 16.3. The van der Waals surface area contributed by atoms with E-state index in [-0.39, 0.29) is 12.5 Å². The molecule has 0 aromatic rings. The molecule has 316 valence electrons. The minimum Gasteiger partial charge on any atom is -0.394 e. The maximum Gasteiger partial charge on any atom is 0.220 e. The van der Waals surface area contributed by atoms with Gasteiger partial charge in [0, 0.05) is 6.42 Å². The number of rotatable bonds is 43. The molecular formula is C50H93NO3. The minimum atomic E-state index is -0.867. The molecule has 4 nitrogen and oxygen atoms in total. The molecule has 0 saturated carbocycles. The number of amides is 1. The first-order valence-corrected chi connectivity index (χ1v) is 23.9. The Morgan fingerprint density at radius 2 is 0.759 bits per heavy atom. The summed E-state index contributed by atoms with van der Waals surface area (Å²) < 4.78 is 0. The SMILES string of the molecule is CCC/C=C/CC/C=C/CC/C=C/C(O)C(CO)NC(=O)CCCCCCCCCCCCCCCCCCCCC/C=C\CCCCCCCCCC. The molecule has 3 N–H and O–H groups in total. The maximum atomic E-state index is 12.4. The van der Waals surface area contributed by atoms with Crippen molar-refractivity contribution < 1.29 is 15.0 Å². The number of aliphatic hydroxyl groups excluding tert-OH is 2. The van der Waals surface area contributed by atoms with Gasteiger partial charge in [-0.2, -0.15) is 0 Å². The predicted octanol–water partition coefficient (Wildman–Crippen LogP) is 15.1. The molecule has 1 amide bonds. The van der Waals surface area contributed by atoms with Crippen LogP contribution in [0.1, 0.15) is 245 Å². The van der Waals surface area contributed by atoms with Crippen LogP contribution in [0.3, 0.4) is 0 Å². The fourth-order valence-electron chi connectivity index (χ4n) is 7.10. The van der Waals surface area contributed by atoms with Gasteiger partial charge in [-0.1, -0.05) is 223 Å². The molecule has 0 aromatic heterocycles. The van der Waals surface area contributed by atoms with Gasteiger partial charge in [-0.3, -0.25) is 4.79 Å². The van der Waals surface area contributed by atoms with Crippen LogP contribution in [-0.2, 0) is 4.79 Å². The lowest BCUT2D eigenvalue weighted by Gasteiger charge is -2.19. The van der Waals surface area contributed by atoms with Crippen molar-refractivity contribution in [3.05, 3.63) is 48.6 Å². The number of hydrogen-bond acceptors (Lipinski definition) is 3. The van der Waals surface area contributed by atoms with E-state index >= 15 is 0 Å². The molecule has 54 heavy (non-hydrogen) atoms. The van der Waals surface area contributed by atoms with E-state index in [1.807, 2.05) is 6.08 Å². The highest BCUT2D eigenvalue weighted by molar-refractivity contribution is 5.76. The molecule has 0 fully saturated rings. The zero-order chi connectivity index (χ0) is 39.3. The van der Waals surface area contributed by atoms with Gasteiger partial charge in [0.05, 0.1) is 18.8 Å². The zero-order valence-electron chi connectivity index (χ0n) is 36.2. The van der Waals surface area contributed by atoms with Crippen LogP contribution in [0.5, 0.6) is 0 Å². The minimum absolute atomic E-state index is 0.0779. The predicted molar refractivity (Wildman–Crippen MR) is 239 cm³/mol. The maximum absolute atomic E-state index is 12.4. The molecule has 0 aliphatic heterocycles. The van der Waals surface area contributed by atoms with Gasteiger partial charge >= 0.3 is 0 Å². The number of unbranched alkanes of at least 4 members (excludes halogenated alkanes) is 30. The van der Waals surface area contributed by atoms with Crippen LogP contribution in [-0.4, -0.2) is 34.9 Å². The van der Waals surface area contributed by atoms with Crippen LogP contribution in [0, 0.1) is 0 Å². The van der Waals surface area contributed by atoms with Gasteiger partial charge in [-0.15, -0.1) is 0 Å². The molecule has 2 unspecified atom stereocenters. The Balaban J connectivity index is 3.44. The average molecular weight is 756 g/mol. The number of aliphatic hydroxyl groups is 2. The van der Waals surface area contributed by atoms with Crippen molar-refractivity contribution in [2.75, 3.05) is 6.61 Å². The summed E-state index contributed by atoms with van der Waals surface area (Å²) in [5.41, 5.74) is 0. The van der Waals surface area contributed by atoms with Crippen LogP contribution < -0.4 is 5.32 Å². The van der Waals surface area contributed by atoms with Gasteiger partial charge in [0.25, 0.3) is 0 Å². The standard InChI is InChI=1S/C50H93NO3/c1-3-5-7-9-11-13-15-16-17-18-19-20-21-22-23-24-25-26-27-28-29-30-31-32-33-34-36-38-40-42-44-46-50(54)51-48(47-52)49(53)45-43-41-39-37-35-14-12-10-8-6-4-2/h8,10,18-19,35,37,43,45,48-49,52-53H,3-7,9,11-17,20-34,36,38-42,44,46-47H2,1-2H3,(H,51,54)/b10-8+,19-18-,37-35+,45-43+. The summed E-state index contributed by atoms with van der Waals surface area (Å²) in [6, 6.07) is -0.643. The lowest BCUT2D eigenvalue weighted by molar-refractivity contribution is -0.123. The molecular weight excluding hydrogens is 663 g/mol. The number of allylic oxidation sites excluding steroid dienone is 7. The number of carbonyl (C=O) groups is 1. The lowest BCUT2D eigenvalue weighted by Crippen LogP contribution is -2.45. The van der Waals surface area contributed by atoms with E-state index in [0.717, 1.165) is 44.9 Å². The fraction of sp³-hybridized carbons (Fsp3) is 0.820. The third-order valence-electron chi connectivity index (χ3n) is 10.7. The third kappa shape index (κ3) is 41.5. The van der Waals surface area contributed by atoms with E-state index in [1.165, 1.54) is 180 Å². The van der Waals surface area contributed by atoms with Crippen molar-refractivity contribution in [1.82, 2.24) is 5.32 Å². The molecule has 0 aliphatic rings. The fourth-order valence-corrected chi connectivity index (χ4v) is 7.10. The van der Waals surface area contributed by atoms with Gasteiger partial charge in [0.1, 0.15) is 0 Å². The van der Waals surface area contributed by atoms with Gasteiger partial charge in [-0.05, 0) is 64.2 Å². The topological polar surface area (TPSA) is 69.6 Å². The van der Waals surface area contributed by atoms with Crippen molar-refractivity contribution >= 4 is 5.91 Å². The Kier molecular flexibility index (Phi) is 44.3. The first kappa shape index (κ1) is 52.3. The van der Waals surface area contributed by atoms with E-state index in [9.17, 15) is 15.0 Å². The molecule has 0 bridgehead atoms. The van der Waals surface area contributed by atoms with Gasteiger partial charge in [-0.25, -0.2) is 0 Å². The molecule has 0 rings (SSSR count). The second-order valence-electron chi connectivity index (χ2n) is 16.2. The number of hydrogen-bond donors (Lipinski definition) is 3. The molecule has 4 heteroatoms. The van der Waals surface area contributed by atoms with Gasteiger partial charge in [0.15, 0.2) is 0 Å². The highest BCUT2D eigenvalue weighted by Gasteiger charge is 2.17. The van der Waals surface area contributed by atoms with Crippen molar-refractivity contribution in [3.63, 3.8) is 0 Å². The van der Waals surface area contributed by atoms with E-state index in [4.69, 9.17) is 0 Å². The van der Waals surface area contributed by atoms with E-state index in [1.54, 1.807) is 6.08 Å². The Bertz CT molecular complexity index is 862. The normalized spacial score (nSPS) is 13.3. The summed E-state index contributed by atoms with van der Waals surface area (Å²) in [5, 5.41) is 22.9. The summed E-state index contributed by atoms with van der Waals surface area (Å²) >= 11 is 0. The molecule has 0 aliphatic carbocycles.